The predicted octanol–water partition coefficient (Wildman–Crippen LogP) is 17.8. The molecule has 1 atom stereocenters. The van der Waals surface area contributed by atoms with E-state index in [2.05, 4.69) is 87.6 Å². The third kappa shape index (κ3) is 49.9. The van der Waals surface area contributed by atoms with Gasteiger partial charge in [0.05, 0.1) is 0 Å². The molecule has 0 rings (SSSR count). The standard InChI is InChI=1S/C58H100O6/c1-4-7-10-13-16-19-22-25-27-28-29-30-32-33-36-39-42-45-48-51-57(60)63-54-55(53-62-56(59)50-47-44-41-38-35-24-21-18-15-12-9-6-3)64-58(61)52-49-46-43-40-37-34-31-26-23-20-17-14-11-8-5-2/h7,10,16,19,25,27,29-30,33,36,42,45,55H,4-6,8-9,11-15,17-18,20-24,26,28,31-32,34-35,37-41,43-44,46-54H2,1-3H3/b10-7-,19-16-,27-25-,30-29-,36-33-,45-42-/t55-/m0/s1. The van der Waals surface area contributed by atoms with Crippen molar-refractivity contribution in [2.75, 3.05) is 13.2 Å². The zero-order chi connectivity index (χ0) is 46.5. The van der Waals surface area contributed by atoms with Crippen molar-refractivity contribution in [2.24, 2.45) is 0 Å². The van der Waals surface area contributed by atoms with Crippen LogP contribution in [0, 0.1) is 0 Å². The third-order valence-electron chi connectivity index (χ3n) is 11.5. The summed E-state index contributed by atoms with van der Waals surface area (Å²) in [6, 6.07) is 0. The van der Waals surface area contributed by atoms with Gasteiger partial charge < -0.3 is 14.2 Å². The molecular weight excluding hydrogens is 793 g/mol. The number of hydrogen-bond acceptors (Lipinski definition) is 6. The Kier molecular flexibility index (Phi) is 49.9. The number of ether oxygens (including phenoxy) is 3. The number of hydrogen-bond donors (Lipinski definition) is 0. The van der Waals surface area contributed by atoms with E-state index >= 15 is 0 Å². The van der Waals surface area contributed by atoms with Crippen LogP contribution in [-0.4, -0.2) is 37.2 Å². The normalized spacial score (nSPS) is 12.6. The van der Waals surface area contributed by atoms with Crippen LogP contribution >= 0.6 is 0 Å². The van der Waals surface area contributed by atoms with Gasteiger partial charge in [0, 0.05) is 19.3 Å². The number of carbonyl (C=O) groups excluding carboxylic acids is 3. The average molecular weight is 893 g/mol. The van der Waals surface area contributed by atoms with Crippen LogP contribution in [0.5, 0.6) is 0 Å². The molecule has 0 saturated heterocycles. The Bertz CT molecular complexity index is 1210. The monoisotopic (exact) mass is 893 g/mol. The molecule has 6 heteroatoms. The lowest BCUT2D eigenvalue weighted by Gasteiger charge is -2.18. The molecule has 0 heterocycles. The smallest absolute Gasteiger partial charge is 0.306 e. The van der Waals surface area contributed by atoms with Crippen molar-refractivity contribution in [1.29, 1.82) is 0 Å². The summed E-state index contributed by atoms with van der Waals surface area (Å²) in [7, 11) is 0. The maximum atomic E-state index is 12.8. The van der Waals surface area contributed by atoms with E-state index in [1.165, 1.54) is 135 Å². The lowest BCUT2D eigenvalue weighted by molar-refractivity contribution is -0.166. The molecule has 64 heavy (non-hydrogen) atoms. The SMILES string of the molecule is CC/C=C\C/C=C\C/C=C\C/C=C\C/C=C\C/C=C\CCC(=O)OC[C@H](COC(=O)CCCCCCCCCCCCCC)OC(=O)CCCCCCCCCCCCCCCCC. The largest absolute Gasteiger partial charge is 0.462 e. The van der Waals surface area contributed by atoms with E-state index in [9.17, 15) is 14.4 Å². The number of allylic oxidation sites excluding steroid dienone is 12. The van der Waals surface area contributed by atoms with Crippen molar-refractivity contribution < 1.29 is 28.6 Å². The van der Waals surface area contributed by atoms with Crippen molar-refractivity contribution in [2.45, 2.75) is 264 Å². The number of rotatable bonds is 48. The molecule has 0 aliphatic carbocycles. The lowest BCUT2D eigenvalue weighted by Crippen LogP contribution is -2.30. The Morgan fingerprint density at radius 2 is 0.609 bits per heavy atom. The zero-order valence-electron chi connectivity index (χ0n) is 42.0. The van der Waals surface area contributed by atoms with Crippen LogP contribution in [0.15, 0.2) is 72.9 Å². The Morgan fingerprint density at radius 1 is 0.328 bits per heavy atom. The van der Waals surface area contributed by atoms with E-state index < -0.39 is 6.10 Å². The maximum absolute atomic E-state index is 12.8. The minimum atomic E-state index is -0.801. The number of esters is 3. The van der Waals surface area contributed by atoms with Crippen LogP contribution in [0.1, 0.15) is 258 Å². The van der Waals surface area contributed by atoms with Gasteiger partial charge in [-0.05, 0) is 57.8 Å². The van der Waals surface area contributed by atoms with Gasteiger partial charge in [0.1, 0.15) is 13.2 Å². The molecule has 0 radical (unpaired) electrons. The van der Waals surface area contributed by atoms with Crippen LogP contribution in [0.3, 0.4) is 0 Å². The first-order valence-electron chi connectivity index (χ1n) is 26.9. The van der Waals surface area contributed by atoms with Gasteiger partial charge in [-0.1, -0.05) is 254 Å². The van der Waals surface area contributed by atoms with Crippen molar-refractivity contribution in [3.05, 3.63) is 72.9 Å². The quantitative estimate of drug-likeness (QED) is 0.0262. The Morgan fingerprint density at radius 3 is 0.953 bits per heavy atom. The van der Waals surface area contributed by atoms with Gasteiger partial charge in [0.2, 0.25) is 0 Å². The van der Waals surface area contributed by atoms with Gasteiger partial charge in [-0.15, -0.1) is 0 Å². The second kappa shape index (κ2) is 52.5. The molecule has 6 nitrogen and oxygen atoms in total. The summed E-state index contributed by atoms with van der Waals surface area (Å²) >= 11 is 0. The molecule has 0 aliphatic heterocycles. The molecular formula is C58H100O6. The van der Waals surface area contributed by atoms with E-state index in [1.807, 2.05) is 6.08 Å². The molecule has 0 aromatic rings. The van der Waals surface area contributed by atoms with Gasteiger partial charge in [-0.2, -0.15) is 0 Å². The summed E-state index contributed by atoms with van der Waals surface area (Å²) in [5.74, 6) is -0.976. The van der Waals surface area contributed by atoms with E-state index in [1.54, 1.807) is 0 Å². The van der Waals surface area contributed by atoms with Gasteiger partial charge in [-0.25, -0.2) is 0 Å². The van der Waals surface area contributed by atoms with Crippen LogP contribution < -0.4 is 0 Å². The molecule has 0 amide bonds. The Labute approximate surface area is 395 Å². The van der Waals surface area contributed by atoms with E-state index in [0.29, 0.717) is 19.3 Å². The molecule has 0 spiro atoms. The first-order valence-corrected chi connectivity index (χ1v) is 26.9. The number of unbranched alkanes of at least 4 members (excludes halogenated alkanes) is 25. The Balaban J connectivity index is 4.46. The van der Waals surface area contributed by atoms with Crippen molar-refractivity contribution in [3.63, 3.8) is 0 Å². The molecule has 0 aromatic heterocycles. The van der Waals surface area contributed by atoms with Crippen LogP contribution in [0.2, 0.25) is 0 Å². The van der Waals surface area contributed by atoms with E-state index in [-0.39, 0.29) is 37.5 Å². The average Bonchev–Trinajstić information content (AvgIpc) is 3.29. The number of carbonyl (C=O) groups is 3. The minimum Gasteiger partial charge on any atom is -0.462 e. The Hall–Kier alpha value is -3.15. The van der Waals surface area contributed by atoms with Gasteiger partial charge >= 0.3 is 17.9 Å². The first kappa shape index (κ1) is 60.9. The molecule has 0 aromatic carbocycles. The first-order chi connectivity index (χ1) is 31.5. The molecule has 0 N–H and O–H groups in total. The highest BCUT2D eigenvalue weighted by Crippen LogP contribution is 2.16. The van der Waals surface area contributed by atoms with Crippen LogP contribution in [0.4, 0.5) is 0 Å². The molecule has 0 aliphatic rings. The summed E-state index contributed by atoms with van der Waals surface area (Å²) in [6.45, 7) is 6.47. The highest BCUT2D eigenvalue weighted by molar-refractivity contribution is 5.71. The van der Waals surface area contributed by atoms with E-state index in [0.717, 1.165) is 77.0 Å². The lowest BCUT2D eigenvalue weighted by atomic mass is 10.0. The topological polar surface area (TPSA) is 78.9 Å². The van der Waals surface area contributed by atoms with Crippen LogP contribution in [-0.2, 0) is 28.6 Å². The zero-order valence-corrected chi connectivity index (χ0v) is 42.0. The van der Waals surface area contributed by atoms with Crippen molar-refractivity contribution in [1.82, 2.24) is 0 Å². The van der Waals surface area contributed by atoms with Crippen LogP contribution in [0.25, 0.3) is 0 Å². The molecule has 0 saturated carbocycles. The molecule has 0 bridgehead atoms. The fraction of sp³-hybridized carbons (Fsp3) is 0.741. The predicted molar refractivity (Wildman–Crippen MR) is 274 cm³/mol. The maximum Gasteiger partial charge on any atom is 0.306 e. The summed E-state index contributed by atoms with van der Waals surface area (Å²) in [5, 5.41) is 0. The third-order valence-corrected chi connectivity index (χ3v) is 11.5. The highest BCUT2D eigenvalue weighted by atomic mass is 16.6. The van der Waals surface area contributed by atoms with Gasteiger partial charge in [-0.3, -0.25) is 14.4 Å². The second-order valence-corrected chi connectivity index (χ2v) is 17.8. The molecule has 0 unspecified atom stereocenters. The fourth-order valence-corrected chi connectivity index (χ4v) is 7.47. The van der Waals surface area contributed by atoms with Gasteiger partial charge in [0.25, 0.3) is 0 Å². The minimum absolute atomic E-state index is 0.0951. The summed E-state index contributed by atoms with van der Waals surface area (Å²) in [4.78, 5) is 38.0. The summed E-state index contributed by atoms with van der Waals surface area (Å²) in [5.41, 5.74) is 0. The van der Waals surface area contributed by atoms with Crippen molar-refractivity contribution >= 4 is 17.9 Å². The van der Waals surface area contributed by atoms with Gasteiger partial charge in [0.15, 0.2) is 6.10 Å². The van der Waals surface area contributed by atoms with E-state index in [4.69, 9.17) is 14.2 Å². The second-order valence-electron chi connectivity index (χ2n) is 17.8. The molecule has 0 fully saturated rings. The highest BCUT2D eigenvalue weighted by Gasteiger charge is 2.19. The fourth-order valence-electron chi connectivity index (χ4n) is 7.47. The summed E-state index contributed by atoms with van der Waals surface area (Å²) < 4.78 is 16.8. The molecule has 368 valence electrons. The van der Waals surface area contributed by atoms with Crippen molar-refractivity contribution in [3.8, 4) is 0 Å². The summed E-state index contributed by atoms with van der Waals surface area (Å²) in [6.07, 6.45) is 66.1.